The molecule has 0 aliphatic carbocycles. The van der Waals surface area contributed by atoms with E-state index in [4.69, 9.17) is 0 Å². The smallest absolute Gasteiger partial charge is 0.321 e. The van der Waals surface area contributed by atoms with Crippen molar-refractivity contribution in [3.63, 3.8) is 0 Å². The number of para-hydroxylation sites is 3. The van der Waals surface area contributed by atoms with Gasteiger partial charge in [-0.3, -0.25) is 0 Å². The molecule has 5 heteroatoms. The molecule has 0 aromatic heterocycles. The van der Waals surface area contributed by atoms with E-state index >= 15 is 0 Å². The van der Waals surface area contributed by atoms with Crippen LogP contribution in [-0.2, 0) is 6.54 Å². The van der Waals surface area contributed by atoms with E-state index < -0.39 is 0 Å². The fraction of sp³-hybridized carbons (Fsp3) is 0.350. The fourth-order valence-electron chi connectivity index (χ4n) is 3.17. The van der Waals surface area contributed by atoms with E-state index in [1.165, 1.54) is 19.3 Å². The molecule has 1 heterocycles. The summed E-state index contributed by atoms with van der Waals surface area (Å²) in [4.78, 5) is 16.5. The molecule has 2 aromatic rings. The summed E-state index contributed by atoms with van der Waals surface area (Å²) >= 11 is 0. The van der Waals surface area contributed by atoms with Crippen LogP contribution in [0.3, 0.4) is 0 Å². The number of phenols is 1. The summed E-state index contributed by atoms with van der Waals surface area (Å²) in [6, 6.07) is 14.8. The first-order chi connectivity index (χ1) is 12.1. The zero-order chi connectivity index (χ0) is 17.6. The Morgan fingerprint density at radius 2 is 1.76 bits per heavy atom. The number of carbonyl (C=O) groups excluding carboxylic acids is 1. The number of phenolic OH excluding ortho intramolecular Hbond substituents is 1. The minimum absolute atomic E-state index is 0.187. The highest BCUT2D eigenvalue weighted by molar-refractivity contribution is 5.93. The summed E-state index contributed by atoms with van der Waals surface area (Å²) in [7, 11) is 1.73. The highest BCUT2D eigenvalue weighted by Crippen LogP contribution is 2.28. The zero-order valence-corrected chi connectivity index (χ0v) is 14.6. The minimum Gasteiger partial charge on any atom is -0.508 e. The second kappa shape index (κ2) is 7.92. The third-order valence-corrected chi connectivity index (χ3v) is 4.59. The Balaban J connectivity index is 1.69. The van der Waals surface area contributed by atoms with Crippen LogP contribution in [0.15, 0.2) is 48.5 Å². The van der Waals surface area contributed by atoms with Gasteiger partial charge >= 0.3 is 6.03 Å². The molecule has 0 spiro atoms. The monoisotopic (exact) mass is 339 g/mol. The normalized spacial score (nSPS) is 14.2. The Morgan fingerprint density at radius 1 is 1.08 bits per heavy atom. The summed E-state index contributed by atoms with van der Waals surface area (Å²) in [5.74, 6) is 0.205. The first-order valence-corrected chi connectivity index (χ1v) is 8.78. The maximum absolute atomic E-state index is 12.6. The van der Waals surface area contributed by atoms with Gasteiger partial charge in [0.05, 0.1) is 17.9 Å². The van der Waals surface area contributed by atoms with Crippen LogP contribution in [0.1, 0.15) is 24.8 Å². The van der Waals surface area contributed by atoms with Gasteiger partial charge in [-0.2, -0.15) is 0 Å². The van der Waals surface area contributed by atoms with Crippen LogP contribution in [0.4, 0.5) is 16.2 Å². The molecule has 1 aliphatic rings. The van der Waals surface area contributed by atoms with Crippen molar-refractivity contribution in [1.29, 1.82) is 0 Å². The summed E-state index contributed by atoms with van der Waals surface area (Å²) in [6.45, 7) is 2.41. The van der Waals surface area contributed by atoms with E-state index in [0.717, 1.165) is 30.0 Å². The van der Waals surface area contributed by atoms with Gasteiger partial charge in [0, 0.05) is 25.7 Å². The maximum atomic E-state index is 12.6. The average Bonchev–Trinajstić information content (AvgIpc) is 2.64. The Labute approximate surface area is 148 Å². The summed E-state index contributed by atoms with van der Waals surface area (Å²) < 4.78 is 0. The van der Waals surface area contributed by atoms with Crippen LogP contribution in [0, 0.1) is 0 Å². The van der Waals surface area contributed by atoms with Crippen LogP contribution in [0.5, 0.6) is 5.75 Å². The lowest BCUT2D eigenvalue weighted by Gasteiger charge is -2.31. The quantitative estimate of drug-likeness (QED) is 0.884. The molecule has 1 aliphatic heterocycles. The van der Waals surface area contributed by atoms with Crippen molar-refractivity contribution in [2.45, 2.75) is 25.8 Å². The van der Waals surface area contributed by atoms with Gasteiger partial charge in [-0.15, -0.1) is 0 Å². The number of nitrogens with one attached hydrogen (secondary N) is 1. The predicted octanol–water partition coefficient (Wildman–Crippen LogP) is 4.05. The number of hydrogen-bond donors (Lipinski definition) is 2. The SMILES string of the molecule is CN(Cc1ccccc1O)C(=O)Nc1ccccc1N1CCCCC1. The van der Waals surface area contributed by atoms with Crippen LogP contribution in [0.2, 0.25) is 0 Å². The molecular weight excluding hydrogens is 314 g/mol. The van der Waals surface area contributed by atoms with Crippen molar-refractivity contribution in [2.75, 3.05) is 30.4 Å². The molecule has 1 fully saturated rings. The lowest BCUT2D eigenvalue weighted by Crippen LogP contribution is -2.33. The Morgan fingerprint density at radius 3 is 2.52 bits per heavy atom. The fourth-order valence-corrected chi connectivity index (χ4v) is 3.17. The van der Waals surface area contributed by atoms with E-state index in [1.54, 1.807) is 24.1 Å². The summed E-state index contributed by atoms with van der Waals surface area (Å²) in [5, 5.41) is 12.9. The van der Waals surface area contributed by atoms with E-state index in [0.29, 0.717) is 6.54 Å². The van der Waals surface area contributed by atoms with E-state index in [-0.39, 0.29) is 11.8 Å². The van der Waals surface area contributed by atoms with Gasteiger partial charge < -0.3 is 20.2 Å². The Hall–Kier alpha value is -2.69. The molecule has 3 rings (SSSR count). The zero-order valence-electron chi connectivity index (χ0n) is 14.6. The van der Waals surface area contributed by atoms with Gasteiger partial charge in [0.2, 0.25) is 0 Å². The van der Waals surface area contributed by atoms with Gasteiger partial charge in [0.25, 0.3) is 0 Å². The number of benzene rings is 2. The number of rotatable bonds is 4. The third kappa shape index (κ3) is 4.24. The average molecular weight is 339 g/mol. The largest absolute Gasteiger partial charge is 0.508 e. The van der Waals surface area contributed by atoms with Gasteiger partial charge in [0.15, 0.2) is 0 Å². The predicted molar refractivity (Wildman–Crippen MR) is 101 cm³/mol. The van der Waals surface area contributed by atoms with Crippen LogP contribution < -0.4 is 10.2 Å². The number of carbonyl (C=O) groups is 1. The summed E-state index contributed by atoms with van der Waals surface area (Å²) in [5.41, 5.74) is 2.63. The lowest BCUT2D eigenvalue weighted by atomic mass is 10.1. The Bertz CT molecular complexity index is 726. The maximum Gasteiger partial charge on any atom is 0.321 e. The van der Waals surface area contributed by atoms with Crippen molar-refractivity contribution < 1.29 is 9.90 Å². The molecule has 132 valence electrons. The highest BCUT2D eigenvalue weighted by Gasteiger charge is 2.17. The lowest BCUT2D eigenvalue weighted by molar-refractivity contribution is 0.220. The minimum atomic E-state index is -0.187. The number of amides is 2. The number of hydrogen-bond acceptors (Lipinski definition) is 3. The number of urea groups is 1. The first-order valence-electron chi connectivity index (χ1n) is 8.78. The van der Waals surface area contributed by atoms with E-state index in [9.17, 15) is 9.90 Å². The number of piperidine rings is 1. The molecule has 1 saturated heterocycles. The molecule has 5 nitrogen and oxygen atoms in total. The van der Waals surface area contributed by atoms with Crippen molar-refractivity contribution in [1.82, 2.24) is 4.90 Å². The molecule has 2 N–H and O–H groups in total. The van der Waals surface area contributed by atoms with E-state index in [1.807, 2.05) is 30.3 Å². The van der Waals surface area contributed by atoms with Crippen molar-refractivity contribution in [3.8, 4) is 5.75 Å². The van der Waals surface area contributed by atoms with Crippen molar-refractivity contribution in [2.24, 2.45) is 0 Å². The van der Waals surface area contributed by atoms with Crippen molar-refractivity contribution >= 4 is 17.4 Å². The molecule has 0 saturated carbocycles. The van der Waals surface area contributed by atoms with Gasteiger partial charge in [-0.05, 0) is 37.5 Å². The van der Waals surface area contributed by atoms with Crippen molar-refractivity contribution in [3.05, 3.63) is 54.1 Å². The molecular formula is C20H25N3O2. The van der Waals surface area contributed by atoms with Crippen LogP contribution in [0.25, 0.3) is 0 Å². The molecule has 0 unspecified atom stereocenters. The molecule has 0 bridgehead atoms. The van der Waals surface area contributed by atoms with Crippen LogP contribution >= 0.6 is 0 Å². The molecule has 0 radical (unpaired) electrons. The molecule has 25 heavy (non-hydrogen) atoms. The second-order valence-corrected chi connectivity index (χ2v) is 6.48. The Kier molecular flexibility index (Phi) is 5.43. The highest BCUT2D eigenvalue weighted by atomic mass is 16.3. The number of aromatic hydroxyl groups is 1. The van der Waals surface area contributed by atoms with Gasteiger partial charge in [0.1, 0.15) is 5.75 Å². The number of anilines is 2. The molecule has 2 aromatic carbocycles. The van der Waals surface area contributed by atoms with Crippen LogP contribution in [-0.4, -0.2) is 36.2 Å². The molecule has 2 amide bonds. The summed E-state index contributed by atoms with van der Waals surface area (Å²) in [6.07, 6.45) is 3.65. The van der Waals surface area contributed by atoms with E-state index in [2.05, 4.69) is 16.3 Å². The topological polar surface area (TPSA) is 55.8 Å². The second-order valence-electron chi connectivity index (χ2n) is 6.48. The van der Waals surface area contributed by atoms with Gasteiger partial charge in [-0.1, -0.05) is 30.3 Å². The first kappa shape index (κ1) is 17.1. The van der Waals surface area contributed by atoms with Gasteiger partial charge in [-0.25, -0.2) is 4.79 Å². The molecule has 0 atom stereocenters. The third-order valence-electron chi connectivity index (χ3n) is 4.59. The standard InChI is InChI=1S/C20H25N3O2/c1-22(15-16-9-3-6-12-19(16)24)20(25)21-17-10-4-5-11-18(17)23-13-7-2-8-14-23/h3-6,9-12,24H,2,7-8,13-15H2,1H3,(H,21,25). The number of nitrogens with zero attached hydrogens (tertiary/aromatic N) is 2.